The molecule has 1 nitrogen and oxygen atoms in total. The highest BCUT2D eigenvalue weighted by Crippen LogP contribution is 2.46. The number of halogens is 6. The zero-order chi connectivity index (χ0) is 33.6. The average Bonchev–Trinajstić information content (AvgIpc) is 3.04. The minimum Gasteiger partial charge on any atom is -0.429 e. The summed E-state index contributed by atoms with van der Waals surface area (Å²) in [4.78, 5) is 0. The highest BCUT2D eigenvalue weighted by atomic mass is 19.3. The van der Waals surface area contributed by atoms with E-state index >= 15 is 17.6 Å². The number of alkyl halides is 2. The summed E-state index contributed by atoms with van der Waals surface area (Å²) in [6.45, 7) is 5.85. The van der Waals surface area contributed by atoms with E-state index in [1.54, 1.807) is 6.08 Å². The largest absolute Gasteiger partial charge is 0.432 e. The molecule has 0 N–H and O–H groups in total. The van der Waals surface area contributed by atoms with Crippen LogP contribution in [-0.4, -0.2) is 0 Å². The second kappa shape index (κ2) is 15.8. The van der Waals surface area contributed by atoms with Gasteiger partial charge in [-0.15, -0.1) is 6.58 Å². The van der Waals surface area contributed by atoms with Crippen LogP contribution in [0.1, 0.15) is 113 Å². The van der Waals surface area contributed by atoms with Gasteiger partial charge < -0.3 is 4.74 Å². The Labute approximate surface area is 275 Å². The number of benzene rings is 3. The highest BCUT2D eigenvalue weighted by molar-refractivity contribution is 5.65. The molecule has 0 heterocycles. The zero-order valence-corrected chi connectivity index (χ0v) is 27.3. The fourth-order valence-corrected chi connectivity index (χ4v) is 7.83. The summed E-state index contributed by atoms with van der Waals surface area (Å²) in [5, 5.41) is 0. The van der Waals surface area contributed by atoms with E-state index in [1.165, 1.54) is 75.6 Å². The molecule has 0 amide bonds. The van der Waals surface area contributed by atoms with Gasteiger partial charge in [-0.25, -0.2) is 17.6 Å². The van der Waals surface area contributed by atoms with Crippen molar-refractivity contribution in [3.8, 4) is 16.9 Å². The molecule has 0 aromatic heterocycles. The Morgan fingerprint density at radius 1 is 0.766 bits per heavy atom. The maximum absolute atomic E-state index is 15.2. The third-order valence-corrected chi connectivity index (χ3v) is 10.5. The van der Waals surface area contributed by atoms with Gasteiger partial charge in [0.1, 0.15) is 34.6 Å². The molecule has 2 aliphatic carbocycles. The van der Waals surface area contributed by atoms with Gasteiger partial charge in [0, 0.05) is 11.6 Å². The SMILES string of the molecule is C=CCCc1ccc(-c2ccc(OC(F)(F)c3c(F)cc(C4CCC(C5CCC(CCCCC)CC5)CC4)cc3F)cc2F)cc1F. The summed E-state index contributed by atoms with van der Waals surface area (Å²) in [7, 11) is 0. The summed E-state index contributed by atoms with van der Waals surface area (Å²) < 4.78 is 94.9. The van der Waals surface area contributed by atoms with Crippen molar-refractivity contribution in [2.24, 2.45) is 17.8 Å². The molecule has 2 aliphatic rings. The van der Waals surface area contributed by atoms with Crippen LogP contribution in [-0.2, 0) is 12.5 Å². The molecule has 0 atom stereocenters. The number of hydrogen-bond donors (Lipinski definition) is 0. The zero-order valence-electron chi connectivity index (χ0n) is 27.3. The van der Waals surface area contributed by atoms with Gasteiger partial charge in [0.25, 0.3) is 0 Å². The Bertz CT molecular complexity index is 1480. The number of ether oxygens (including phenoxy) is 1. The molecule has 254 valence electrons. The van der Waals surface area contributed by atoms with Gasteiger partial charge in [-0.05, 0) is 122 Å². The van der Waals surface area contributed by atoms with Gasteiger partial charge in [0.05, 0.1) is 0 Å². The first-order chi connectivity index (χ1) is 22.6. The molecule has 2 saturated carbocycles. The Morgan fingerprint density at radius 2 is 1.43 bits per heavy atom. The summed E-state index contributed by atoms with van der Waals surface area (Å²) in [5.41, 5.74) is -0.487. The molecule has 0 saturated heterocycles. The Kier molecular flexibility index (Phi) is 11.8. The van der Waals surface area contributed by atoms with Crippen LogP contribution in [0.3, 0.4) is 0 Å². The minimum absolute atomic E-state index is 0.0265. The normalized spacial score (nSPS) is 21.9. The van der Waals surface area contributed by atoms with E-state index in [1.807, 2.05) is 0 Å². The summed E-state index contributed by atoms with van der Waals surface area (Å²) in [6.07, 6.45) is 12.1. The smallest absolute Gasteiger partial charge is 0.429 e. The predicted molar refractivity (Wildman–Crippen MR) is 175 cm³/mol. The second-order valence-corrected chi connectivity index (χ2v) is 13.6. The molecule has 3 aromatic rings. The standard InChI is InChI=1S/C40H46F6O/c1-3-5-7-8-26-10-12-27(13-11-26)28-14-16-29(17-15-28)32-23-37(43)39(38(44)24-32)40(45,46)47-33-20-21-34(36(42)25-33)31-19-18-30(9-6-4-2)35(41)22-31/h4,18-29H,2-3,5-17H2,1H3. The van der Waals surface area contributed by atoms with Crippen LogP contribution in [0.15, 0.2) is 61.2 Å². The second-order valence-electron chi connectivity index (χ2n) is 13.6. The third kappa shape index (κ3) is 8.63. The van der Waals surface area contributed by atoms with Gasteiger partial charge in [0.15, 0.2) is 0 Å². The molecule has 47 heavy (non-hydrogen) atoms. The molecule has 0 bridgehead atoms. The van der Waals surface area contributed by atoms with Gasteiger partial charge in [-0.3, -0.25) is 0 Å². The van der Waals surface area contributed by atoms with Crippen molar-refractivity contribution in [3.05, 3.63) is 101 Å². The number of hydrogen-bond acceptors (Lipinski definition) is 1. The maximum Gasteiger partial charge on any atom is 0.432 e. The molecular formula is C40H46F6O. The summed E-state index contributed by atoms with van der Waals surface area (Å²) >= 11 is 0. The first-order valence-corrected chi connectivity index (χ1v) is 17.3. The summed E-state index contributed by atoms with van der Waals surface area (Å²) in [5.74, 6) is -2.78. The molecule has 5 rings (SSSR count). The van der Waals surface area contributed by atoms with Crippen molar-refractivity contribution in [2.45, 2.75) is 109 Å². The third-order valence-electron chi connectivity index (χ3n) is 10.5. The molecule has 7 heteroatoms. The Hall–Kier alpha value is -3.22. The molecule has 0 radical (unpaired) electrons. The lowest BCUT2D eigenvalue weighted by molar-refractivity contribution is -0.189. The van der Waals surface area contributed by atoms with Crippen molar-refractivity contribution >= 4 is 0 Å². The molecule has 2 fully saturated rings. The van der Waals surface area contributed by atoms with Crippen LogP contribution in [0.5, 0.6) is 5.75 Å². The van der Waals surface area contributed by atoms with Crippen molar-refractivity contribution in [2.75, 3.05) is 0 Å². The topological polar surface area (TPSA) is 9.23 Å². The van der Waals surface area contributed by atoms with Crippen LogP contribution in [0.25, 0.3) is 11.1 Å². The number of unbranched alkanes of at least 4 members (excludes halogenated alkanes) is 2. The van der Waals surface area contributed by atoms with Crippen LogP contribution in [0.4, 0.5) is 26.3 Å². The van der Waals surface area contributed by atoms with E-state index < -0.39 is 40.7 Å². The molecule has 0 aliphatic heterocycles. The van der Waals surface area contributed by atoms with Crippen LogP contribution < -0.4 is 4.74 Å². The predicted octanol–water partition coefficient (Wildman–Crippen LogP) is 12.8. The van der Waals surface area contributed by atoms with E-state index in [4.69, 9.17) is 0 Å². The Morgan fingerprint density at radius 3 is 2.02 bits per heavy atom. The quantitative estimate of drug-likeness (QED) is 0.101. The van der Waals surface area contributed by atoms with Gasteiger partial charge in [-0.2, -0.15) is 8.78 Å². The molecule has 0 unspecified atom stereocenters. The first-order valence-electron chi connectivity index (χ1n) is 17.3. The van der Waals surface area contributed by atoms with E-state index in [0.717, 1.165) is 49.8 Å². The van der Waals surface area contributed by atoms with Gasteiger partial charge in [0.2, 0.25) is 0 Å². The lowest BCUT2D eigenvalue weighted by Crippen LogP contribution is -2.27. The molecular weight excluding hydrogens is 610 g/mol. The van der Waals surface area contributed by atoms with Gasteiger partial charge >= 0.3 is 6.11 Å². The molecule has 3 aromatic carbocycles. The van der Waals surface area contributed by atoms with E-state index in [2.05, 4.69) is 18.2 Å². The van der Waals surface area contributed by atoms with Crippen LogP contribution >= 0.6 is 0 Å². The average molecular weight is 657 g/mol. The summed E-state index contributed by atoms with van der Waals surface area (Å²) in [6, 6.07) is 9.18. The van der Waals surface area contributed by atoms with Crippen molar-refractivity contribution in [1.82, 2.24) is 0 Å². The van der Waals surface area contributed by atoms with Gasteiger partial charge in [-0.1, -0.05) is 63.7 Å². The van der Waals surface area contributed by atoms with E-state index in [0.29, 0.717) is 41.9 Å². The molecule has 0 spiro atoms. The fraction of sp³-hybridized carbons (Fsp3) is 0.500. The minimum atomic E-state index is -4.40. The number of aryl methyl sites for hydroxylation is 1. The Balaban J connectivity index is 1.20. The first kappa shape index (κ1) is 35.1. The highest BCUT2D eigenvalue weighted by Gasteiger charge is 2.42. The van der Waals surface area contributed by atoms with Crippen molar-refractivity contribution < 1.29 is 31.1 Å². The lowest BCUT2D eigenvalue weighted by atomic mass is 9.68. The van der Waals surface area contributed by atoms with Crippen LogP contribution in [0.2, 0.25) is 0 Å². The fourth-order valence-electron chi connectivity index (χ4n) is 7.83. The van der Waals surface area contributed by atoms with Crippen LogP contribution in [0, 0.1) is 41.0 Å². The number of rotatable bonds is 13. The van der Waals surface area contributed by atoms with E-state index in [9.17, 15) is 8.78 Å². The van der Waals surface area contributed by atoms with E-state index in [-0.39, 0.29) is 17.0 Å². The van der Waals surface area contributed by atoms with Crippen molar-refractivity contribution in [1.29, 1.82) is 0 Å². The van der Waals surface area contributed by atoms with Crippen molar-refractivity contribution in [3.63, 3.8) is 0 Å². The monoisotopic (exact) mass is 656 g/mol. The number of allylic oxidation sites excluding steroid dienone is 1. The maximum atomic E-state index is 15.2. The lowest BCUT2D eigenvalue weighted by Gasteiger charge is -2.38.